The van der Waals surface area contributed by atoms with Gasteiger partial charge < -0.3 is 10.6 Å². The lowest BCUT2D eigenvalue weighted by molar-refractivity contribution is 0.144. The van der Waals surface area contributed by atoms with Gasteiger partial charge in [-0.05, 0) is 43.2 Å². The molecule has 2 aliphatic rings. The number of nitrogens with zero attached hydrogens (tertiary/aromatic N) is 1. The van der Waals surface area contributed by atoms with E-state index in [0.29, 0.717) is 11.0 Å². The van der Waals surface area contributed by atoms with E-state index in [1.807, 2.05) is 6.07 Å². The molecule has 1 spiro atoms. The number of rotatable bonds is 2. The van der Waals surface area contributed by atoms with Crippen LogP contribution in [-0.2, 0) is 6.54 Å². The van der Waals surface area contributed by atoms with Crippen molar-refractivity contribution in [1.82, 2.24) is 0 Å². The van der Waals surface area contributed by atoms with E-state index in [-0.39, 0.29) is 12.4 Å². The highest BCUT2D eigenvalue weighted by Crippen LogP contribution is 2.45. The van der Waals surface area contributed by atoms with E-state index in [2.05, 4.69) is 4.90 Å². The van der Waals surface area contributed by atoms with Crippen molar-refractivity contribution in [2.75, 3.05) is 18.0 Å². The van der Waals surface area contributed by atoms with Gasteiger partial charge in [0.15, 0.2) is 0 Å². The molecule has 2 fully saturated rings. The molecule has 1 saturated carbocycles. The van der Waals surface area contributed by atoms with Gasteiger partial charge >= 0.3 is 0 Å². The summed E-state index contributed by atoms with van der Waals surface area (Å²) in [5.74, 6) is -0.164. The molecule has 0 amide bonds. The average Bonchev–Trinajstić information content (AvgIpc) is 2.49. The predicted octanol–water partition coefficient (Wildman–Crippen LogP) is 3.84. The molecule has 1 aromatic carbocycles. The van der Waals surface area contributed by atoms with Crippen LogP contribution < -0.4 is 10.6 Å². The number of hydrogen-bond donors (Lipinski definition) is 1. The summed E-state index contributed by atoms with van der Waals surface area (Å²) in [5, 5.41) is 0. The second-order valence-electron chi connectivity index (χ2n) is 6.49. The molecule has 1 saturated heterocycles. The molecule has 3 rings (SSSR count). The zero-order chi connectivity index (χ0) is 14.0. The number of benzene rings is 1. The Bertz CT molecular complexity index is 456. The Hall–Kier alpha value is -1.09. The van der Waals surface area contributed by atoms with Crippen LogP contribution in [0.2, 0.25) is 0 Å². The van der Waals surface area contributed by atoms with E-state index in [1.54, 1.807) is 6.07 Å². The smallest absolute Gasteiger partial charge is 0.129 e. The molecule has 0 bridgehead atoms. The first-order chi connectivity index (χ1) is 9.74. The minimum atomic E-state index is -0.164. The fraction of sp³-hybridized carbons (Fsp3) is 0.647. The third-order valence-corrected chi connectivity index (χ3v) is 5.38. The molecule has 2 nitrogen and oxygen atoms in total. The normalized spacial score (nSPS) is 22.2. The molecule has 110 valence electrons. The number of piperidine rings is 1. The molecule has 2 N–H and O–H groups in total. The highest BCUT2D eigenvalue weighted by atomic mass is 19.1. The summed E-state index contributed by atoms with van der Waals surface area (Å²) >= 11 is 0. The standard InChI is InChI=1S/C17H25FN2/c18-15-5-4-6-16(14(15)13-19)20-11-9-17(10-12-20)7-2-1-3-8-17/h4-6H,1-3,7-13,19H2. The zero-order valence-corrected chi connectivity index (χ0v) is 12.2. The summed E-state index contributed by atoms with van der Waals surface area (Å²) in [6.07, 6.45) is 9.51. The average molecular weight is 276 g/mol. The van der Waals surface area contributed by atoms with Crippen LogP contribution in [0.3, 0.4) is 0 Å². The monoisotopic (exact) mass is 276 g/mol. The van der Waals surface area contributed by atoms with Crippen LogP contribution in [-0.4, -0.2) is 13.1 Å². The molecule has 1 aromatic rings. The Labute approximate surface area is 121 Å². The second kappa shape index (κ2) is 5.72. The van der Waals surface area contributed by atoms with Crippen LogP contribution in [0.25, 0.3) is 0 Å². The molecular formula is C17H25FN2. The van der Waals surface area contributed by atoms with Gasteiger partial charge in [0.25, 0.3) is 0 Å². The van der Waals surface area contributed by atoms with Crippen molar-refractivity contribution < 1.29 is 4.39 Å². The minimum absolute atomic E-state index is 0.164. The molecule has 1 aliphatic heterocycles. The quantitative estimate of drug-likeness (QED) is 0.889. The van der Waals surface area contributed by atoms with Crippen LogP contribution >= 0.6 is 0 Å². The van der Waals surface area contributed by atoms with Crippen molar-refractivity contribution in [3.8, 4) is 0 Å². The minimum Gasteiger partial charge on any atom is -0.371 e. The van der Waals surface area contributed by atoms with Crippen LogP contribution in [0.1, 0.15) is 50.5 Å². The largest absolute Gasteiger partial charge is 0.371 e. The maximum atomic E-state index is 13.8. The first kappa shape index (κ1) is 13.9. The first-order valence-corrected chi connectivity index (χ1v) is 7.97. The predicted molar refractivity (Wildman–Crippen MR) is 81.3 cm³/mol. The summed E-state index contributed by atoms with van der Waals surface area (Å²) in [5.41, 5.74) is 8.00. The molecule has 20 heavy (non-hydrogen) atoms. The summed E-state index contributed by atoms with van der Waals surface area (Å²) in [6.45, 7) is 2.39. The summed E-state index contributed by atoms with van der Waals surface area (Å²) in [4.78, 5) is 2.34. The van der Waals surface area contributed by atoms with Gasteiger partial charge in [-0.1, -0.05) is 25.3 Å². The zero-order valence-electron chi connectivity index (χ0n) is 12.2. The Morgan fingerprint density at radius 3 is 2.40 bits per heavy atom. The highest BCUT2D eigenvalue weighted by molar-refractivity contribution is 5.54. The third-order valence-electron chi connectivity index (χ3n) is 5.38. The molecule has 1 aliphatic carbocycles. The van der Waals surface area contributed by atoms with E-state index in [9.17, 15) is 4.39 Å². The van der Waals surface area contributed by atoms with Gasteiger partial charge in [0.05, 0.1) is 0 Å². The van der Waals surface area contributed by atoms with Gasteiger partial charge in [0, 0.05) is 30.9 Å². The van der Waals surface area contributed by atoms with Crippen molar-refractivity contribution in [3.63, 3.8) is 0 Å². The van der Waals surface area contributed by atoms with E-state index >= 15 is 0 Å². The lowest BCUT2D eigenvalue weighted by atomic mass is 9.68. The Balaban J connectivity index is 1.73. The maximum Gasteiger partial charge on any atom is 0.129 e. The van der Waals surface area contributed by atoms with E-state index in [4.69, 9.17) is 5.73 Å². The molecule has 1 heterocycles. The molecule has 0 atom stereocenters. The van der Waals surface area contributed by atoms with Gasteiger partial charge in [0.1, 0.15) is 5.82 Å². The van der Waals surface area contributed by atoms with Gasteiger partial charge in [-0.25, -0.2) is 4.39 Å². The fourth-order valence-electron chi connectivity index (χ4n) is 4.07. The van der Waals surface area contributed by atoms with Crippen LogP contribution in [0.15, 0.2) is 18.2 Å². The van der Waals surface area contributed by atoms with Crippen LogP contribution in [0, 0.1) is 11.2 Å². The van der Waals surface area contributed by atoms with Gasteiger partial charge in [-0.3, -0.25) is 0 Å². The molecule has 0 radical (unpaired) electrons. The van der Waals surface area contributed by atoms with E-state index in [1.165, 1.54) is 51.0 Å². The number of anilines is 1. The van der Waals surface area contributed by atoms with Gasteiger partial charge in [-0.2, -0.15) is 0 Å². The molecule has 3 heteroatoms. The van der Waals surface area contributed by atoms with Gasteiger partial charge in [0.2, 0.25) is 0 Å². The number of halogens is 1. The second-order valence-corrected chi connectivity index (χ2v) is 6.49. The van der Waals surface area contributed by atoms with Crippen molar-refractivity contribution in [2.24, 2.45) is 11.1 Å². The highest BCUT2D eigenvalue weighted by Gasteiger charge is 2.35. The summed E-state index contributed by atoms with van der Waals surface area (Å²) in [6, 6.07) is 5.33. The topological polar surface area (TPSA) is 29.3 Å². The lowest BCUT2D eigenvalue weighted by Gasteiger charge is -2.45. The van der Waals surface area contributed by atoms with Crippen LogP contribution in [0.5, 0.6) is 0 Å². The molecule has 0 unspecified atom stereocenters. The van der Waals surface area contributed by atoms with Crippen molar-refractivity contribution in [1.29, 1.82) is 0 Å². The Kier molecular flexibility index (Phi) is 3.97. The Morgan fingerprint density at radius 2 is 1.75 bits per heavy atom. The summed E-state index contributed by atoms with van der Waals surface area (Å²) < 4.78 is 13.8. The number of hydrogen-bond acceptors (Lipinski definition) is 2. The SMILES string of the molecule is NCc1c(F)cccc1N1CCC2(CCCCC2)CC1. The van der Waals surface area contributed by atoms with Crippen molar-refractivity contribution >= 4 is 5.69 Å². The molecule has 0 aromatic heterocycles. The van der Waals surface area contributed by atoms with E-state index < -0.39 is 0 Å². The van der Waals surface area contributed by atoms with Crippen LogP contribution in [0.4, 0.5) is 10.1 Å². The third kappa shape index (κ3) is 2.56. The number of nitrogens with two attached hydrogens (primary N) is 1. The summed E-state index contributed by atoms with van der Waals surface area (Å²) in [7, 11) is 0. The van der Waals surface area contributed by atoms with Crippen molar-refractivity contribution in [2.45, 2.75) is 51.5 Å². The van der Waals surface area contributed by atoms with E-state index in [0.717, 1.165) is 18.8 Å². The first-order valence-electron chi connectivity index (χ1n) is 7.97. The molecular weight excluding hydrogens is 251 g/mol. The lowest BCUT2D eigenvalue weighted by Crippen LogP contribution is -2.41. The fourth-order valence-corrected chi connectivity index (χ4v) is 4.07. The maximum absolute atomic E-state index is 13.8. The van der Waals surface area contributed by atoms with Gasteiger partial charge in [-0.15, -0.1) is 0 Å². The van der Waals surface area contributed by atoms with Crippen molar-refractivity contribution in [3.05, 3.63) is 29.6 Å². The Morgan fingerprint density at radius 1 is 1.05 bits per heavy atom.